The first kappa shape index (κ1) is 15.3. The quantitative estimate of drug-likeness (QED) is 0.637. The highest BCUT2D eigenvalue weighted by Crippen LogP contribution is 2.20. The smallest absolute Gasteiger partial charge is 0.208 e. The van der Waals surface area contributed by atoms with Gasteiger partial charge in [0.05, 0.1) is 12.2 Å². The van der Waals surface area contributed by atoms with Gasteiger partial charge in [0.2, 0.25) is 5.89 Å². The summed E-state index contributed by atoms with van der Waals surface area (Å²) in [4.78, 5) is 11.4. The van der Waals surface area contributed by atoms with Crippen molar-refractivity contribution in [2.45, 2.75) is 52.1 Å². The van der Waals surface area contributed by atoms with Crippen LogP contribution in [0.1, 0.15) is 43.0 Å². The fourth-order valence-corrected chi connectivity index (χ4v) is 2.84. The van der Waals surface area contributed by atoms with Gasteiger partial charge in [0.25, 0.3) is 0 Å². The van der Waals surface area contributed by atoms with E-state index in [2.05, 4.69) is 20.2 Å². The van der Waals surface area contributed by atoms with E-state index in [1.54, 1.807) is 0 Å². The van der Waals surface area contributed by atoms with Crippen molar-refractivity contribution in [1.82, 2.24) is 15.2 Å². The maximum atomic E-state index is 5.89. The Morgan fingerprint density at radius 1 is 1.32 bits per heavy atom. The van der Waals surface area contributed by atoms with Crippen molar-refractivity contribution < 1.29 is 4.42 Å². The summed E-state index contributed by atoms with van der Waals surface area (Å²) in [6.07, 6.45) is 4.79. The molecular formula is C16H27N5O. The maximum Gasteiger partial charge on any atom is 0.208 e. The number of guanidine groups is 1. The molecule has 1 aromatic heterocycles. The molecule has 2 fully saturated rings. The van der Waals surface area contributed by atoms with E-state index in [1.807, 2.05) is 13.8 Å². The van der Waals surface area contributed by atoms with E-state index in [9.17, 15) is 0 Å². The highest BCUT2D eigenvalue weighted by molar-refractivity contribution is 5.78. The molecule has 0 unspecified atom stereocenters. The normalized spacial score (nSPS) is 21.3. The van der Waals surface area contributed by atoms with Crippen LogP contribution < -0.4 is 11.1 Å². The lowest BCUT2D eigenvalue weighted by atomic mass is 9.97. The van der Waals surface area contributed by atoms with Crippen LogP contribution in [0.5, 0.6) is 0 Å². The van der Waals surface area contributed by atoms with Crippen LogP contribution in [-0.4, -0.2) is 41.5 Å². The van der Waals surface area contributed by atoms with Crippen LogP contribution in [0, 0.1) is 19.8 Å². The Hall–Kier alpha value is -1.56. The zero-order chi connectivity index (χ0) is 15.5. The molecule has 122 valence electrons. The molecule has 0 aromatic carbocycles. The van der Waals surface area contributed by atoms with E-state index >= 15 is 0 Å². The first-order valence-electron chi connectivity index (χ1n) is 8.32. The third-order valence-corrected chi connectivity index (χ3v) is 4.59. The third kappa shape index (κ3) is 4.22. The van der Waals surface area contributed by atoms with Gasteiger partial charge in [0.15, 0.2) is 5.96 Å². The Labute approximate surface area is 132 Å². The standard InChI is InChI=1S/C16H27N5O/c1-11-12(2)22-15(19-11)10-21-7-5-13(6-8-21)9-18-16(17)20-14-3-4-14/h13-14H,3-10H2,1-2H3,(H3,17,18,20). The van der Waals surface area contributed by atoms with Gasteiger partial charge in [-0.3, -0.25) is 9.89 Å². The Morgan fingerprint density at radius 3 is 2.64 bits per heavy atom. The summed E-state index contributed by atoms with van der Waals surface area (Å²) in [7, 11) is 0. The molecule has 0 amide bonds. The first-order valence-corrected chi connectivity index (χ1v) is 8.32. The monoisotopic (exact) mass is 305 g/mol. The number of nitrogens with one attached hydrogen (secondary N) is 1. The van der Waals surface area contributed by atoms with Gasteiger partial charge in [-0.1, -0.05) is 0 Å². The maximum absolute atomic E-state index is 5.89. The molecule has 1 saturated carbocycles. The highest BCUT2D eigenvalue weighted by Gasteiger charge is 2.23. The average molecular weight is 305 g/mol. The molecule has 6 heteroatoms. The molecular weight excluding hydrogens is 278 g/mol. The fraction of sp³-hybridized carbons (Fsp3) is 0.750. The van der Waals surface area contributed by atoms with E-state index in [1.165, 1.54) is 25.7 Å². The molecule has 0 radical (unpaired) electrons. The molecule has 0 atom stereocenters. The van der Waals surface area contributed by atoms with Crippen LogP contribution in [-0.2, 0) is 6.54 Å². The van der Waals surface area contributed by atoms with Gasteiger partial charge in [-0.05, 0) is 58.5 Å². The molecule has 1 aliphatic heterocycles. The number of aromatic nitrogens is 1. The molecule has 22 heavy (non-hydrogen) atoms. The number of hydrogen-bond acceptors (Lipinski definition) is 4. The molecule has 1 aromatic rings. The van der Waals surface area contributed by atoms with Gasteiger partial charge < -0.3 is 15.5 Å². The summed E-state index contributed by atoms with van der Waals surface area (Å²) < 4.78 is 5.67. The van der Waals surface area contributed by atoms with Gasteiger partial charge in [0.1, 0.15) is 5.76 Å². The van der Waals surface area contributed by atoms with Crippen molar-refractivity contribution in [2.24, 2.45) is 16.6 Å². The highest BCUT2D eigenvalue weighted by atomic mass is 16.4. The van der Waals surface area contributed by atoms with Crippen molar-refractivity contribution in [3.63, 3.8) is 0 Å². The van der Waals surface area contributed by atoms with Crippen LogP contribution in [0.15, 0.2) is 9.41 Å². The second kappa shape index (κ2) is 6.69. The number of rotatable bonds is 5. The number of aliphatic imine (C=N–C) groups is 1. The lowest BCUT2D eigenvalue weighted by molar-refractivity contribution is 0.166. The third-order valence-electron chi connectivity index (χ3n) is 4.59. The summed E-state index contributed by atoms with van der Waals surface area (Å²) >= 11 is 0. The van der Waals surface area contributed by atoms with Crippen molar-refractivity contribution in [3.05, 3.63) is 17.3 Å². The van der Waals surface area contributed by atoms with Crippen LogP contribution in [0.2, 0.25) is 0 Å². The summed E-state index contributed by atoms with van der Waals surface area (Å²) in [6, 6.07) is 0.582. The van der Waals surface area contributed by atoms with Crippen LogP contribution in [0.4, 0.5) is 0 Å². The molecule has 3 rings (SSSR count). The minimum absolute atomic E-state index is 0.582. The van der Waals surface area contributed by atoms with E-state index in [4.69, 9.17) is 10.2 Å². The van der Waals surface area contributed by atoms with Gasteiger partial charge in [-0.25, -0.2) is 4.98 Å². The van der Waals surface area contributed by atoms with E-state index in [0.717, 1.165) is 43.5 Å². The minimum atomic E-state index is 0.582. The van der Waals surface area contributed by atoms with Crippen LogP contribution in [0.3, 0.4) is 0 Å². The number of nitrogens with two attached hydrogens (primary N) is 1. The first-order chi connectivity index (χ1) is 10.6. The van der Waals surface area contributed by atoms with Crippen LogP contribution in [0.25, 0.3) is 0 Å². The minimum Gasteiger partial charge on any atom is -0.444 e. The lowest BCUT2D eigenvalue weighted by Crippen LogP contribution is -2.36. The second-order valence-corrected chi connectivity index (χ2v) is 6.61. The number of oxazole rings is 1. The van der Waals surface area contributed by atoms with Gasteiger partial charge in [-0.15, -0.1) is 0 Å². The van der Waals surface area contributed by atoms with Crippen molar-refractivity contribution >= 4 is 5.96 Å². The second-order valence-electron chi connectivity index (χ2n) is 6.61. The van der Waals surface area contributed by atoms with Gasteiger partial charge >= 0.3 is 0 Å². The number of likely N-dealkylation sites (tertiary alicyclic amines) is 1. The molecule has 0 bridgehead atoms. The zero-order valence-corrected chi connectivity index (χ0v) is 13.6. The van der Waals surface area contributed by atoms with E-state index < -0.39 is 0 Å². The van der Waals surface area contributed by atoms with Crippen molar-refractivity contribution in [3.8, 4) is 0 Å². The lowest BCUT2D eigenvalue weighted by Gasteiger charge is -2.30. The Bertz CT molecular complexity index is 507. The fourth-order valence-electron chi connectivity index (χ4n) is 2.84. The number of hydrogen-bond donors (Lipinski definition) is 2. The molecule has 3 N–H and O–H groups in total. The predicted molar refractivity (Wildman–Crippen MR) is 86.6 cm³/mol. The van der Waals surface area contributed by atoms with Crippen molar-refractivity contribution in [1.29, 1.82) is 0 Å². The number of nitrogens with zero attached hydrogens (tertiary/aromatic N) is 3. The largest absolute Gasteiger partial charge is 0.444 e. The molecule has 2 aliphatic rings. The molecule has 1 aliphatic carbocycles. The van der Waals surface area contributed by atoms with E-state index in [0.29, 0.717) is 17.9 Å². The van der Waals surface area contributed by atoms with Gasteiger partial charge in [-0.2, -0.15) is 0 Å². The average Bonchev–Trinajstić information content (AvgIpc) is 3.24. The summed E-state index contributed by atoms with van der Waals surface area (Å²) in [5.41, 5.74) is 6.88. The van der Waals surface area contributed by atoms with Crippen molar-refractivity contribution in [2.75, 3.05) is 19.6 Å². The zero-order valence-electron chi connectivity index (χ0n) is 13.6. The number of aryl methyl sites for hydroxylation is 2. The summed E-state index contributed by atoms with van der Waals surface area (Å²) in [5.74, 6) is 3.03. The van der Waals surface area contributed by atoms with E-state index in [-0.39, 0.29) is 0 Å². The Kier molecular flexibility index (Phi) is 4.66. The van der Waals surface area contributed by atoms with Gasteiger partial charge in [0, 0.05) is 12.6 Å². The Morgan fingerprint density at radius 2 is 2.05 bits per heavy atom. The molecule has 2 heterocycles. The summed E-state index contributed by atoms with van der Waals surface area (Å²) in [6.45, 7) is 7.78. The SMILES string of the molecule is Cc1nc(CN2CCC(CN=C(N)NC3CC3)CC2)oc1C. The molecule has 0 spiro atoms. The molecule has 6 nitrogen and oxygen atoms in total. The van der Waals surface area contributed by atoms with Crippen LogP contribution >= 0.6 is 0 Å². The topological polar surface area (TPSA) is 79.7 Å². The number of piperidine rings is 1. The molecule has 1 saturated heterocycles. The predicted octanol–water partition coefficient (Wildman–Crippen LogP) is 1.57. The summed E-state index contributed by atoms with van der Waals surface area (Å²) in [5, 5.41) is 3.24. The Balaban J connectivity index is 1.40.